The number of amides is 1. The van der Waals surface area contributed by atoms with E-state index in [1.807, 2.05) is 48.5 Å². The number of carbonyl (C=O) groups is 2. The van der Waals surface area contributed by atoms with E-state index in [0.29, 0.717) is 16.4 Å². The second-order valence-electron chi connectivity index (χ2n) is 8.19. The van der Waals surface area contributed by atoms with Crippen LogP contribution in [0, 0.1) is 0 Å². The van der Waals surface area contributed by atoms with Gasteiger partial charge in [0.15, 0.2) is 5.65 Å². The van der Waals surface area contributed by atoms with Crippen LogP contribution in [0.1, 0.15) is 10.5 Å². The third-order valence-electron chi connectivity index (χ3n) is 5.59. The van der Waals surface area contributed by atoms with Crippen molar-refractivity contribution in [3.05, 3.63) is 77.7 Å². The Morgan fingerprint density at radius 3 is 2.37 bits per heavy atom. The normalized spacial score (nSPS) is 13.5. The van der Waals surface area contributed by atoms with E-state index in [2.05, 4.69) is 25.6 Å². The number of rotatable bonds is 4. The number of aromatic nitrogens is 3. The Morgan fingerprint density at radius 1 is 1.05 bits per heavy atom. The van der Waals surface area contributed by atoms with E-state index in [0.717, 1.165) is 48.7 Å². The van der Waals surface area contributed by atoms with Crippen molar-refractivity contribution in [1.29, 1.82) is 0 Å². The van der Waals surface area contributed by atoms with Gasteiger partial charge >= 0.3 is 12.1 Å². The molecule has 0 bridgehead atoms. The van der Waals surface area contributed by atoms with Gasteiger partial charge in [0.05, 0.1) is 6.20 Å². The molecular formula is C25H22ClF3N6O3. The fourth-order valence-electron chi connectivity index (χ4n) is 3.73. The van der Waals surface area contributed by atoms with Gasteiger partial charge in [0.25, 0.3) is 5.91 Å². The molecule has 1 amide bonds. The number of nitrogens with zero attached hydrogens (tertiary/aromatic N) is 4. The molecule has 5 rings (SSSR count). The molecule has 9 nitrogen and oxygen atoms in total. The minimum atomic E-state index is -5.08. The SMILES string of the molecule is O=C(Nc1ccc(N2CCNCC2)cc1)c1ccn2ncc(-c3cccc(Cl)c3)c2n1.O=C(O)C(F)(F)F. The monoisotopic (exact) mass is 546 g/mol. The topological polar surface area (TPSA) is 112 Å². The number of carboxylic acid groups (broad SMARTS) is 1. The highest BCUT2D eigenvalue weighted by molar-refractivity contribution is 6.30. The Morgan fingerprint density at radius 2 is 1.74 bits per heavy atom. The zero-order valence-electron chi connectivity index (χ0n) is 19.7. The van der Waals surface area contributed by atoms with Crippen molar-refractivity contribution in [3.8, 4) is 11.1 Å². The van der Waals surface area contributed by atoms with Crippen molar-refractivity contribution in [1.82, 2.24) is 19.9 Å². The van der Waals surface area contributed by atoms with Gasteiger partial charge in [0.1, 0.15) is 5.69 Å². The lowest BCUT2D eigenvalue weighted by atomic mass is 10.1. The molecule has 13 heteroatoms. The fraction of sp³-hybridized carbons (Fsp3) is 0.200. The summed E-state index contributed by atoms with van der Waals surface area (Å²) in [6, 6.07) is 17.1. The summed E-state index contributed by atoms with van der Waals surface area (Å²) in [6.07, 6.45) is -1.62. The molecule has 3 N–H and O–H groups in total. The number of piperazine rings is 1. The van der Waals surface area contributed by atoms with Gasteiger partial charge in [-0.05, 0) is 48.0 Å². The van der Waals surface area contributed by atoms with Crippen LogP contribution in [0.5, 0.6) is 0 Å². The fourth-order valence-corrected chi connectivity index (χ4v) is 3.92. The molecule has 1 aliphatic rings. The summed E-state index contributed by atoms with van der Waals surface area (Å²) in [5.74, 6) is -3.02. The number of hydrogen-bond acceptors (Lipinski definition) is 6. The first-order valence-electron chi connectivity index (χ1n) is 11.4. The Hall–Kier alpha value is -4.16. The molecule has 1 aliphatic heterocycles. The van der Waals surface area contributed by atoms with Gasteiger partial charge in [-0.15, -0.1) is 0 Å². The largest absolute Gasteiger partial charge is 0.490 e. The van der Waals surface area contributed by atoms with E-state index < -0.39 is 12.1 Å². The molecule has 0 saturated carbocycles. The molecular weight excluding hydrogens is 525 g/mol. The number of alkyl halides is 3. The number of carbonyl (C=O) groups excluding carboxylic acids is 1. The molecule has 0 atom stereocenters. The molecule has 4 aromatic rings. The molecule has 0 spiro atoms. The number of anilines is 2. The number of halogens is 4. The van der Waals surface area contributed by atoms with E-state index in [4.69, 9.17) is 21.5 Å². The van der Waals surface area contributed by atoms with Gasteiger partial charge in [-0.1, -0.05) is 23.7 Å². The van der Waals surface area contributed by atoms with E-state index in [-0.39, 0.29) is 5.91 Å². The van der Waals surface area contributed by atoms with Crippen molar-refractivity contribution in [3.63, 3.8) is 0 Å². The van der Waals surface area contributed by atoms with Crippen molar-refractivity contribution in [2.24, 2.45) is 0 Å². The number of nitrogens with one attached hydrogen (secondary N) is 2. The maximum absolute atomic E-state index is 12.8. The van der Waals surface area contributed by atoms with E-state index >= 15 is 0 Å². The number of aliphatic carboxylic acids is 1. The second-order valence-corrected chi connectivity index (χ2v) is 8.63. The first-order chi connectivity index (χ1) is 18.1. The van der Waals surface area contributed by atoms with Crippen LogP contribution in [0.25, 0.3) is 16.8 Å². The lowest BCUT2D eigenvalue weighted by molar-refractivity contribution is -0.192. The Bertz CT molecular complexity index is 1440. The molecule has 3 heterocycles. The van der Waals surface area contributed by atoms with E-state index in [9.17, 15) is 18.0 Å². The van der Waals surface area contributed by atoms with Crippen LogP contribution in [0.15, 0.2) is 67.0 Å². The third-order valence-corrected chi connectivity index (χ3v) is 5.82. The molecule has 2 aromatic carbocycles. The van der Waals surface area contributed by atoms with Crippen molar-refractivity contribution in [2.75, 3.05) is 36.4 Å². The zero-order valence-corrected chi connectivity index (χ0v) is 20.5. The Balaban J connectivity index is 0.000000426. The lowest BCUT2D eigenvalue weighted by Gasteiger charge is -2.29. The molecule has 2 aromatic heterocycles. The molecule has 38 heavy (non-hydrogen) atoms. The number of carboxylic acids is 1. The van der Waals surface area contributed by atoms with E-state index in [1.165, 1.54) is 0 Å². The minimum absolute atomic E-state index is 0.268. The summed E-state index contributed by atoms with van der Waals surface area (Å²) < 4.78 is 33.4. The van der Waals surface area contributed by atoms with Crippen LogP contribution in [-0.2, 0) is 4.79 Å². The number of fused-ring (bicyclic) bond motifs is 1. The average Bonchev–Trinajstić information content (AvgIpc) is 3.33. The summed E-state index contributed by atoms with van der Waals surface area (Å²) in [6.45, 7) is 3.93. The van der Waals surface area contributed by atoms with Crippen LogP contribution in [0.3, 0.4) is 0 Å². The summed E-state index contributed by atoms with van der Waals surface area (Å²) in [4.78, 5) is 28.6. The van der Waals surface area contributed by atoms with Crippen LogP contribution < -0.4 is 15.5 Å². The molecule has 0 radical (unpaired) electrons. The quantitative estimate of drug-likeness (QED) is 0.349. The lowest BCUT2D eigenvalue weighted by Crippen LogP contribution is -2.43. The maximum atomic E-state index is 12.8. The van der Waals surface area contributed by atoms with Gasteiger partial charge < -0.3 is 20.6 Å². The van der Waals surface area contributed by atoms with Gasteiger partial charge in [0, 0.05) is 54.3 Å². The highest BCUT2D eigenvalue weighted by Gasteiger charge is 2.38. The first kappa shape index (κ1) is 26.9. The second kappa shape index (κ2) is 11.5. The van der Waals surface area contributed by atoms with Crippen molar-refractivity contribution >= 4 is 40.5 Å². The van der Waals surface area contributed by atoms with Crippen LogP contribution in [-0.4, -0.2) is 63.9 Å². The predicted octanol–water partition coefficient (Wildman–Crippen LogP) is 4.34. The van der Waals surface area contributed by atoms with Crippen LogP contribution in [0.2, 0.25) is 5.02 Å². The summed E-state index contributed by atoms with van der Waals surface area (Å²) >= 11 is 6.13. The Labute approximate surface area is 219 Å². The molecule has 1 fully saturated rings. The number of hydrogen-bond donors (Lipinski definition) is 3. The summed E-state index contributed by atoms with van der Waals surface area (Å²) in [5.41, 5.74) is 4.53. The van der Waals surface area contributed by atoms with Gasteiger partial charge in [-0.2, -0.15) is 18.3 Å². The minimum Gasteiger partial charge on any atom is -0.475 e. The molecule has 1 saturated heterocycles. The van der Waals surface area contributed by atoms with Gasteiger partial charge in [-0.25, -0.2) is 14.3 Å². The summed E-state index contributed by atoms with van der Waals surface area (Å²) in [5, 5.41) is 18.4. The Kier molecular flexibility index (Phi) is 8.13. The number of benzene rings is 2. The van der Waals surface area contributed by atoms with Crippen molar-refractivity contribution < 1.29 is 27.9 Å². The van der Waals surface area contributed by atoms with E-state index in [1.54, 1.807) is 23.0 Å². The highest BCUT2D eigenvalue weighted by atomic mass is 35.5. The standard InChI is InChI=1S/C23H21ClN6O.C2HF3O2/c24-17-3-1-2-16(14-17)20-15-26-30-11-8-21(28-22(20)30)23(31)27-18-4-6-19(7-5-18)29-12-9-25-10-13-29;3-2(4,5)1(6)7/h1-8,11,14-15,25H,9-10,12-13H2,(H,27,31);(H,6,7). The highest BCUT2D eigenvalue weighted by Crippen LogP contribution is 2.26. The predicted molar refractivity (Wildman–Crippen MR) is 137 cm³/mol. The maximum Gasteiger partial charge on any atom is 0.490 e. The summed E-state index contributed by atoms with van der Waals surface area (Å²) in [7, 11) is 0. The van der Waals surface area contributed by atoms with Crippen LogP contribution in [0.4, 0.5) is 24.5 Å². The van der Waals surface area contributed by atoms with Crippen molar-refractivity contribution in [2.45, 2.75) is 6.18 Å². The average molecular weight is 547 g/mol. The molecule has 0 unspecified atom stereocenters. The smallest absolute Gasteiger partial charge is 0.475 e. The van der Waals surface area contributed by atoms with Crippen LogP contribution >= 0.6 is 11.6 Å². The van der Waals surface area contributed by atoms with Gasteiger partial charge in [0.2, 0.25) is 0 Å². The van der Waals surface area contributed by atoms with Gasteiger partial charge in [-0.3, -0.25) is 4.79 Å². The molecule has 198 valence electrons. The first-order valence-corrected chi connectivity index (χ1v) is 11.8. The third kappa shape index (κ3) is 6.58. The molecule has 0 aliphatic carbocycles. The zero-order chi connectivity index (χ0) is 27.3.